The topological polar surface area (TPSA) is 23.5 Å². The van der Waals surface area contributed by atoms with E-state index in [9.17, 15) is 5.11 Å². The molecule has 1 aliphatic carbocycles. The van der Waals surface area contributed by atoms with E-state index in [1.165, 1.54) is 69.9 Å². The molecule has 1 N–H and O–H groups in total. The van der Waals surface area contributed by atoms with Crippen molar-refractivity contribution in [3.63, 3.8) is 0 Å². The molecule has 2 nitrogen and oxygen atoms in total. The van der Waals surface area contributed by atoms with Crippen molar-refractivity contribution in [1.82, 2.24) is 4.90 Å². The summed E-state index contributed by atoms with van der Waals surface area (Å²) in [5.41, 5.74) is 2.31. The van der Waals surface area contributed by atoms with E-state index in [0.29, 0.717) is 5.92 Å². The number of aliphatic hydroxyl groups is 1. The molecular weight excluding hydrogens is 378 g/mol. The molecule has 0 radical (unpaired) electrons. The lowest BCUT2D eigenvalue weighted by Crippen LogP contribution is -2.42. The van der Waals surface area contributed by atoms with Crippen LogP contribution in [0.3, 0.4) is 0 Å². The van der Waals surface area contributed by atoms with E-state index in [4.69, 9.17) is 0 Å². The van der Waals surface area contributed by atoms with Gasteiger partial charge in [-0.3, -0.25) is 4.90 Å². The van der Waals surface area contributed by atoms with E-state index in [1.807, 2.05) is 37.3 Å². The quantitative estimate of drug-likeness (QED) is 0.529. The second-order valence-corrected chi connectivity index (χ2v) is 10.3. The Bertz CT molecular complexity index is 808. The van der Waals surface area contributed by atoms with Gasteiger partial charge >= 0.3 is 0 Å². The van der Waals surface area contributed by atoms with Crippen molar-refractivity contribution < 1.29 is 5.11 Å². The minimum atomic E-state index is -0.967. The summed E-state index contributed by atoms with van der Waals surface area (Å²) < 4.78 is 0. The lowest BCUT2D eigenvalue weighted by atomic mass is 9.82. The van der Waals surface area contributed by atoms with E-state index in [2.05, 4.69) is 36.1 Å². The Labute approximate surface area is 189 Å². The van der Waals surface area contributed by atoms with Crippen LogP contribution >= 0.6 is 0 Å². The molecule has 2 fully saturated rings. The van der Waals surface area contributed by atoms with Gasteiger partial charge in [0.1, 0.15) is 5.60 Å². The molecule has 3 unspecified atom stereocenters. The normalized spacial score (nSPS) is 23.9. The number of nitrogens with zero attached hydrogens (tertiary/aromatic N) is 1. The third-order valence-corrected chi connectivity index (χ3v) is 7.94. The van der Waals surface area contributed by atoms with E-state index >= 15 is 0 Å². The van der Waals surface area contributed by atoms with Crippen molar-refractivity contribution in [2.75, 3.05) is 13.1 Å². The highest BCUT2D eigenvalue weighted by Gasteiger charge is 2.29. The molecule has 2 heteroatoms. The first-order valence-electron chi connectivity index (χ1n) is 12.7. The maximum atomic E-state index is 11.3. The molecule has 0 spiro atoms. The lowest BCUT2D eigenvalue weighted by molar-refractivity contribution is 0.102. The van der Waals surface area contributed by atoms with Gasteiger partial charge in [-0.25, -0.2) is 0 Å². The fourth-order valence-electron chi connectivity index (χ4n) is 5.91. The highest BCUT2D eigenvalue weighted by Crippen LogP contribution is 2.34. The Morgan fingerprint density at radius 2 is 1.61 bits per heavy atom. The van der Waals surface area contributed by atoms with Crippen LogP contribution in [0.1, 0.15) is 94.2 Å². The first kappa shape index (κ1) is 22.6. The summed E-state index contributed by atoms with van der Waals surface area (Å²) in [4.78, 5) is 2.80. The summed E-state index contributed by atoms with van der Waals surface area (Å²) in [7, 11) is 0. The number of rotatable bonds is 7. The second kappa shape index (κ2) is 10.3. The minimum absolute atomic E-state index is 0.471. The summed E-state index contributed by atoms with van der Waals surface area (Å²) in [6.07, 6.45) is 12.8. The summed E-state index contributed by atoms with van der Waals surface area (Å²) >= 11 is 0. The zero-order valence-corrected chi connectivity index (χ0v) is 19.6. The Balaban J connectivity index is 1.45. The van der Waals surface area contributed by atoms with Gasteiger partial charge in [-0.1, -0.05) is 100 Å². The van der Waals surface area contributed by atoms with E-state index in [0.717, 1.165) is 29.6 Å². The molecule has 2 aromatic carbocycles. The van der Waals surface area contributed by atoms with Crippen molar-refractivity contribution in [2.45, 2.75) is 89.2 Å². The van der Waals surface area contributed by atoms with Crippen LogP contribution in [0.15, 0.2) is 54.6 Å². The Hall–Kier alpha value is -1.64. The molecule has 1 heterocycles. The summed E-state index contributed by atoms with van der Waals surface area (Å²) in [5.74, 6) is 1.43. The van der Waals surface area contributed by atoms with Gasteiger partial charge in [0.05, 0.1) is 0 Å². The van der Waals surface area contributed by atoms with Gasteiger partial charge in [-0.05, 0) is 61.3 Å². The maximum Gasteiger partial charge on any atom is 0.112 e. The van der Waals surface area contributed by atoms with Crippen LogP contribution in [-0.2, 0) is 5.60 Å². The molecule has 1 saturated heterocycles. The van der Waals surface area contributed by atoms with Crippen molar-refractivity contribution in [1.29, 1.82) is 0 Å². The van der Waals surface area contributed by atoms with Crippen molar-refractivity contribution in [3.8, 4) is 0 Å². The van der Waals surface area contributed by atoms with Crippen LogP contribution in [0.25, 0.3) is 0 Å². The zero-order valence-electron chi connectivity index (χ0n) is 19.6. The van der Waals surface area contributed by atoms with Gasteiger partial charge < -0.3 is 5.11 Å². The van der Waals surface area contributed by atoms with Crippen LogP contribution in [-0.4, -0.2) is 29.1 Å². The molecule has 168 valence electrons. The maximum absolute atomic E-state index is 11.3. The number of hydrogen-bond acceptors (Lipinski definition) is 2. The predicted molar refractivity (Wildman–Crippen MR) is 130 cm³/mol. The molecule has 1 saturated carbocycles. The van der Waals surface area contributed by atoms with Gasteiger partial charge in [-0.15, -0.1) is 0 Å². The third kappa shape index (κ3) is 5.59. The van der Waals surface area contributed by atoms with Crippen LogP contribution in [0.5, 0.6) is 0 Å². The van der Waals surface area contributed by atoms with Gasteiger partial charge in [0.2, 0.25) is 0 Å². The van der Waals surface area contributed by atoms with E-state index < -0.39 is 5.60 Å². The lowest BCUT2D eigenvalue weighted by Gasteiger charge is -2.40. The van der Waals surface area contributed by atoms with Crippen LogP contribution in [0, 0.1) is 5.92 Å². The Kier molecular flexibility index (Phi) is 7.51. The Morgan fingerprint density at radius 1 is 0.903 bits per heavy atom. The summed E-state index contributed by atoms with van der Waals surface area (Å²) in [6.45, 7) is 6.66. The smallest absolute Gasteiger partial charge is 0.112 e. The molecule has 31 heavy (non-hydrogen) atoms. The first-order chi connectivity index (χ1) is 15.0. The fraction of sp³-hybridized carbons (Fsp3) is 0.586. The monoisotopic (exact) mass is 419 g/mol. The minimum Gasteiger partial charge on any atom is -0.381 e. The standard InChI is InChI=1S/C29H41NO/c1-23(22-30-19-10-9-18-28(30)20-24-12-5-3-6-13-24)25-14-11-17-27(21-25)29(2,31)26-15-7-4-8-16-26/h4,7-8,11,14-17,21,23-24,28,31H,3,5-6,9-10,12-13,18-20,22H2,1-2H3. The van der Waals surface area contributed by atoms with Crippen LogP contribution in [0.2, 0.25) is 0 Å². The van der Waals surface area contributed by atoms with Gasteiger partial charge in [0, 0.05) is 12.6 Å². The SMILES string of the molecule is CC(CN1CCCCC1CC1CCCCC1)c1cccc(C(C)(O)c2ccccc2)c1. The molecule has 2 aliphatic rings. The predicted octanol–water partition coefficient (Wildman–Crippen LogP) is 6.87. The van der Waals surface area contributed by atoms with E-state index in [-0.39, 0.29) is 0 Å². The van der Waals surface area contributed by atoms with Crippen molar-refractivity contribution in [3.05, 3.63) is 71.3 Å². The molecule has 1 aliphatic heterocycles. The van der Waals surface area contributed by atoms with E-state index in [1.54, 1.807) is 0 Å². The van der Waals surface area contributed by atoms with Gasteiger partial charge in [-0.2, -0.15) is 0 Å². The summed E-state index contributed by atoms with van der Waals surface area (Å²) in [5, 5.41) is 11.3. The van der Waals surface area contributed by atoms with Gasteiger partial charge in [0.25, 0.3) is 0 Å². The largest absolute Gasteiger partial charge is 0.381 e. The average molecular weight is 420 g/mol. The van der Waals surface area contributed by atoms with Crippen LogP contribution < -0.4 is 0 Å². The zero-order chi connectivity index (χ0) is 21.7. The van der Waals surface area contributed by atoms with Crippen LogP contribution in [0.4, 0.5) is 0 Å². The number of piperidine rings is 1. The third-order valence-electron chi connectivity index (χ3n) is 7.94. The molecular formula is C29H41NO. The fourth-order valence-corrected chi connectivity index (χ4v) is 5.91. The molecule has 4 rings (SSSR count). The first-order valence-corrected chi connectivity index (χ1v) is 12.7. The second-order valence-electron chi connectivity index (χ2n) is 10.3. The molecule has 0 amide bonds. The molecule has 0 bridgehead atoms. The number of benzene rings is 2. The highest BCUT2D eigenvalue weighted by atomic mass is 16.3. The highest BCUT2D eigenvalue weighted by molar-refractivity contribution is 5.38. The Morgan fingerprint density at radius 3 is 2.39 bits per heavy atom. The number of hydrogen-bond donors (Lipinski definition) is 1. The van der Waals surface area contributed by atoms with Gasteiger partial charge in [0.15, 0.2) is 0 Å². The molecule has 3 atom stereocenters. The molecule has 0 aromatic heterocycles. The summed E-state index contributed by atoms with van der Waals surface area (Å²) in [6, 6.07) is 19.5. The van der Waals surface area contributed by atoms with Crippen molar-refractivity contribution in [2.24, 2.45) is 5.92 Å². The number of likely N-dealkylation sites (tertiary alicyclic amines) is 1. The average Bonchev–Trinajstić information content (AvgIpc) is 2.81. The molecule has 2 aromatic rings. The van der Waals surface area contributed by atoms with Crippen molar-refractivity contribution >= 4 is 0 Å².